The zero-order valence-corrected chi connectivity index (χ0v) is 8.07. The molecule has 0 aromatic rings. The Kier molecular flexibility index (Phi) is 8.92. The Labute approximate surface area is 65.5 Å². The van der Waals surface area contributed by atoms with Crippen LogP contribution < -0.4 is 0 Å². The van der Waals surface area contributed by atoms with Crippen LogP contribution >= 0.6 is 0 Å². The summed E-state index contributed by atoms with van der Waals surface area (Å²) < 4.78 is 0. The molecule has 0 aromatic heterocycles. The largest absolute Gasteiger partial charge is 0.400 e. The molecule has 0 fully saturated rings. The van der Waals surface area contributed by atoms with Gasteiger partial charge in [0.2, 0.25) is 0 Å². The Balaban J connectivity index is 0. The lowest BCUT2D eigenvalue weighted by atomic mass is 9.86. The summed E-state index contributed by atoms with van der Waals surface area (Å²) in [6.07, 6.45) is 3.99. The molecule has 0 spiro atoms. The van der Waals surface area contributed by atoms with Crippen molar-refractivity contribution in [2.45, 2.75) is 47.0 Å². The van der Waals surface area contributed by atoms with Crippen molar-refractivity contribution < 1.29 is 5.11 Å². The third kappa shape index (κ3) is 7.96. The standard InChI is InChI=1S/C8H18.CH4O/c1-5-7-8(3,4)6-2;1-2/h5-7H2,1-4H3;2H,1H3. The van der Waals surface area contributed by atoms with E-state index in [1.807, 2.05) is 0 Å². The van der Waals surface area contributed by atoms with Gasteiger partial charge in [-0.1, -0.05) is 40.5 Å². The Hall–Kier alpha value is -0.0400. The van der Waals surface area contributed by atoms with E-state index in [4.69, 9.17) is 5.11 Å². The Bertz CT molecular complexity index is 57.7. The van der Waals surface area contributed by atoms with Crippen molar-refractivity contribution in [1.29, 1.82) is 0 Å². The summed E-state index contributed by atoms with van der Waals surface area (Å²) in [6, 6.07) is 0. The maximum Gasteiger partial charge on any atom is 0.0319 e. The van der Waals surface area contributed by atoms with Gasteiger partial charge in [0.25, 0.3) is 0 Å². The second kappa shape index (κ2) is 7.07. The second-order valence-corrected chi connectivity index (χ2v) is 3.27. The van der Waals surface area contributed by atoms with Crippen LogP contribution in [0.4, 0.5) is 0 Å². The first-order valence-corrected chi connectivity index (χ1v) is 4.07. The molecular formula is C9H22O. The molecule has 0 saturated heterocycles. The van der Waals surface area contributed by atoms with Gasteiger partial charge in [0.15, 0.2) is 0 Å². The van der Waals surface area contributed by atoms with E-state index in [2.05, 4.69) is 27.7 Å². The van der Waals surface area contributed by atoms with Gasteiger partial charge in [-0.25, -0.2) is 0 Å². The number of hydrogen-bond donors (Lipinski definition) is 1. The van der Waals surface area contributed by atoms with Gasteiger partial charge in [0.1, 0.15) is 0 Å². The third-order valence-electron chi connectivity index (χ3n) is 1.88. The highest BCUT2D eigenvalue weighted by molar-refractivity contribution is 4.63. The smallest absolute Gasteiger partial charge is 0.0319 e. The van der Waals surface area contributed by atoms with E-state index in [-0.39, 0.29) is 0 Å². The predicted octanol–water partition coefficient (Wildman–Crippen LogP) is 2.83. The zero-order valence-electron chi connectivity index (χ0n) is 8.07. The molecule has 0 rings (SSSR count). The molecule has 0 unspecified atom stereocenters. The lowest BCUT2D eigenvalue weighted by Crippen LogP contribution is -2.07. The number of hydrogen-bond acceptors (Lipinski definition) is 1. The molecule has 1 nitrogen and oxygen atoms in total. The molecule has 0 bridgehead atoms. The normalized spacial score (nSPS) is 10.2. The van der Waals surface area contributed by atoms with Crippen LogP contribution in [0.15, 0.2) is 0 Å². The van der Waals surface area contributed by atoms with Gasteiger partial charge in [-0.05, 0) is 11.8 Å². The van der Waals surface area contributed by atoms with Gasteiger partial charge in [-0.15, -0.1) is 0 Å². The number of rotatable bonds is 3. The average Bonchev–Trinajstić information content (AvgIpc) is 1.93. The maximum absolute atomic E-state index is 7.00. The van der Waals surface area contributed by atoms with Gasteiger partial charge in [0, 0.05) is 7.11 Å². The molecule has 0 aliphatic carbocycles. The molecule has 10 heavy (non-hydrogen) atoms. The summed E-state index contributed by atoms with van der Waals surface area (Å²) in [5, 5.41) is 7.00. The number of aliphatic hydroxyl groups is 1. The first kappa shape index (κ1) is 12.6. The lowest BCUT2D eigenvalue weighted by Gasteiger charge is -2.20. The van der Waals surface area contributed by atoms with E-state index in [0.29, 0.717) is 5.41 Å². The fourth-order valence-corrected chi connectivity index (χ4v) is 0.854. The molecule has 0 aliphatic rings. The van der Waals surface area contributed by atoms with Crippen LogP contribution in [0.1, 0.15) is 47.0 Å². The van der Waals surface area contributed by atoms with Gasteiger partial charge in [0.05, 0.1) is 0 Å². The van der Waals surface area contributed by atoms with Gasteiger partial charge in [-0.3, -0.25) is 0 Å². The summed E-state index contributed by atoms with van der Waals surface area (Å²) in [4.78, 5) is 0. The summed E-state index contributed by atoms with van der Waals surface area (Å²) in [6.45, 7) is 9.17. The van der Waals surface area contributed by atoms with E-state index in [1.54, 1.807) is 0 Å². The number of aliphatic hydroxyl groups excluding tert-OH is 1. The summed E-state index contributed by atoms with van der Waals surface area (Å²) in [5.41, 5.74) is 0.592. The average molecular weight is 146 g/mol. The third-order valence-corrected chi connectivity index (χ3v) is 1.88. The minimum Gasteiger partial charge on any atom is -0.400 e. The van der Waals surface area contributed by atoms with Crippen molar-refractivity contribution in [3.8, 4) is 0 Å². The molecular weight excluding hydrogens is 124 g/mol. The Morgan fingerprint density at radius 1 is 1.10 bits per heavy atom. The van der Waals surface area contributed by atoms with Gasteiger partial charge >= 0.3 is 0 Å². The monoisotopic (exact) mass is 146 g/mol. The SMILES string of the molecule is CCCC(C)(C)CC.CO. The molecule has 0 saturated carbocycles. The van der Waals surface area contributed by atoms with Gasteiger partial charge < -0.3 is 5.11 Å². The molecule has 0 aliphatic heterocycles. The van der Waals surface area contributed by atoms with Crippen molar-refractivity contribution in [3.63, 3.8) is 0 Å². The van der Waals surface area contributed by atoms with Crippen LogP contribution in [0.3, 0.4) is 0 Å². The van der Waals surface area contributed by atoms with Crippen LogP contribution in [0.2, 0.25) is 0 Å². The van der Waals surface area contributed by atoms with Crippen molar-refractivity contribution in [1.82, 2.24) is 0 Å². The molecule has 0 heterocycles. The highest BCUT2D eigenvalue weighted by Crippen LogP contribution is 2.25. The molecule has 1 N–H and O–H groups in total. The van der Waals surface area contributed by atoms with Gasteiger partial charge in [-0.2, -0.15) is 0 Å². The first-order valence-electron chi connectivity index (χ1n) is 4.07. The fraction of sp³-hybridized carbons (Fsp3) is 1.00. The highest BCUT2D eigenvalue weighted by Gasteiger charge is 2.11. The molecule has 0 aromatic carbocycles. The van der Waals surface area contributed by atoms with E-state index < -0.39 is 0 Å². The van der Waals surface area contributed by atoms with Crippen molar-refractivity contribution in [2.75, 3.05) is 7.11 Å². The zero-order chi connectivity index (χ0) is 8.62. The summed E-state index contributed by atoms with van der Waals surface area (Å²) >= 11 is 0. The minimum absolute atomic E-state index is 0.592. The molecule has 64 valence electrons. The van der Waals surface area contributed by atoms with E-state index in [1.165, 1.54) is 19.3 Å². The van der Waals surface area contributed by atoms with Crippen LogP contribution in [0, 0.1) is 5.41 Å². The first-order chi connectivity index (χ1) is 4.62. The molecule has 0 amide bonds. The topological polar surface area (TPSA) is 20.2 Å². The molecule has 1 heteroatoms. The van der Waals surface area contributed by atoms with Crippen LogP contribution in [-0.2, 0) is 0 Å². The molecule has 0 atom stereocenters. The van der Waals surface area contributed by atoms with Crippen molar-refractivity contribution >= 4 is 0 Å². The van der Waals surface area contributed by atoms with E-state index >= 15 is 0 Å². The van der Waals surface area contributed by atoms with Crippen molar-refractivity contribution in [3.05, 3.63) is 0 Å². The van der Waals surface area contributed by atoms with Crippen molar-refractivity contribution in [2.24, 2.45) is 5.41 Å². The summed E-state index contributed by atoms with van der Waals surface area (Å²) in [7, 11) is 1.00. The minimum atomic E-state index is 0.592. The second-order valence-electron chi connectivity index (χ2n) is 3.27. The predicted molar refractivity (Wildman–Crippen MR) is 47.1 cm³/mol. The van der Waals surface area contributed by atoms with Crippen LogP contribution in [0.5, 0.6) is 0 Å². The maximum atomic E-state index is 7.00. The highest BCUT2D eigenvalue weighted by atomic mass is 16.2. The Morgan fingerprint density at radius 2 is 1.50 bits per heavy atom. The summed E-state index contributed by atoms with van der Waals surface area (Å²) in [5.74, 6) is 0. The Morgan fingerprint density at radius 3 is 1.60 bits per heavy atom. The van der Waals surface area contributed by atoms with Crippen LogP contribution in [0.25, 0.3) is 0 Å². The molecule has 0 radical (unpaired) electrons. The quantitative estimate of drug-likeness (QED) is 0.649. The van der Waals surface area contributed by atoms with E-state index in [9.17, 15) is 0 Å². The lowest BCUT2D eigenvalue weighted by molar-refractivity contribution is 0.319. The van der Waals surface area contributed by atoms with E-state index in [0.717, 1.165) is 7.11 Å². The fourth-order valence-electron chi connectivity index (χ4n) is 0.854. The van der Waals surface area contributed by atoms with Crippen LogP contribution in [-0.4, -0.2) is 12.2 Å².